The molecular formula is C2H3O2Ru. The van der Waals surface area contributed by atoms with Gasteiger partial charge in [-0.2, -0.15) is 0 Å². The van der Waals surface area contributed by atoms with Crippen LogP contribution in [0.2, 0.25) is 5.02 Å². The molecule has 5 heavy (non-hydrogen) atoms. The Kier molecular flexibility index (Phi) is 2.38. The molecule has 0 spiro atoms. The van der Waals surface area contributed by atoms with Gasteiger partial charge in [0.1, 0.15) is 0 Å². The van der Waals surface area contributed by atoms with E-state index in [2.05, 4.69) is 0 Å². The van der Waals surface area contributed by atoms with Gasteiger partial charge in [0.2, 0.25) is 0 Å². The number of carboxylic acids is 1. The Bertz CT molecular complexity index is 42.9. The molecule has 0 atom stereocenters. The molecule has 0 radical (unpaired) electrons. The molecule has 0 bridgehead atoms. The molecule has 0 aliphatic heterocycles. The van der Waals surface area contributed by atoms with Crippen LogP contribution in [0, 0.1) is 0 Å². The van der Waals surface area contributed by atoms with Crippen molar-refractivity contribution < 1.29 is 28.2 Å². The van der Waals surface area contributed by atoms with Gasteiger partial charge in [0, 0.05) is 0 Å². The predicted octanol–water partition coefficient (Wildman–Crippen LogP) is 0.0361. The zero-order valence-electron chi connectivity index (χ0n) is 2.42. The molecule has 0 rings (SSSR count). The Morgan fingerprint density at radius 1 is 2.00 bits per heavy atom. The quantitative estimate of drug-likeness (QED) is 0.550. The topological polar surface area (TPSA) is 37.3 Å². The van der Waals surface area contributed by atoms with E-state index in [1.165, 1.54) is 0 Å². The van der Waals surface area contributed by atoms with Crippen LogP contribution in [0.5, 0.6) is 0 Å². The molecule has 0 saturated heterocycles. The van der Waals surface area contributed by atoms with Gasteiger partial charge in [0.05, 0.1) is 0 Å². The van der Waals surface area contributed by atoms with Crippen LogP contribution < -0.4 is 0 Å². The first-order valence-electron chi connectivity index (χ1n) is 1.03. The summed E-state index contributed by atoms with van der Waals surface area (Å²) in [5, 5.41) is 7.86. The Labute approximate surface area is 39.9 Å². The van der Waals surface area contributed by atoms with Crippen molar-refractivity contribution in [3.05, 3.63) is 0 Å². The minimum atomic E-state index is -0.776. The van der Waals surface area contributed by atoms with Crippen molar-refractivity contribution in [3.8, 4) is 0 Å². The summed E-state index contributed by atoms with van der Waals surface area (Å²) in [5.41, 5.74) is 0. The van der Waals surface area contributed by atoms with E-state index in [0.29, 0.717) is 0 Å². The van der Waals surface area contributed by atoms with Crippen molar-refractivity contribution >= 4 is 5.97 Å². The Morgan fingerprint density at radius 3 is 2.20 bits per heavy atom. The fraction of sp³-hybridized carbons (Fsp3) is 0.500. The summed E-state index contributed by atoms with van der Waals surface area (Å²) < 4.78 is 0. The fourth-order valence-corrected chi connectivity index (χ4v) is 0. The van der Waals surface area contributed by atoms with Crippen LogP contribution >= 0.6 is 0 Å². The standard InChI is InChI=1S/C2H3O2.Ru/c1-2(3)4;/h1H2,(H,3,4);. The SMILES string of the molecule is O=C(O)[CH2][Ru]. The van der Waals surface area contributed by atoms with Crippen molar-refractivity contribution in [2.75, 3.05) is 0 Å². The van der Waals surface area contributed by atoms with Gasteiger partial charge in [-0.15, -0.1) is 0 Å². The summed E-state index contributed by atoms with van der Waals surface area (Å²) in [6.45, 7) is 0. The maximum atomic E-state index is 9.35. The van der Waals surface area contributed by atoms with Crippen LogP contribution in [0.25, 0.3) is 0 Å². The number of rotatable bonds is 1. The van der Waals surface area contributed by atoms with E-state index in [1.54, 1.807) is 0 Å². The molecule has 0 unspecified atom stereocenters. The summed E-state index contributed by atoms with van der Waals surface area (Å²) >= 11 is 2.02. The van der Waals surface area contributed by atoms with Gasteiger partial charge in [0.25, 0.3) is 0 Å². The maximum absolute atomic E-state index is 9.35. The molecule has 0 amide bonds. The average Bonchev–Trinajstić information content (AvgIpc) is 1.38. The monoisotopic (exact) mass is 161 g/mol. The van der Waals surface area contributed by atoms with Crippen LogP contribution in [-0.2, 0) is 23.1 Å². The van der Waals surface area contributed by atoms with Gasteiger partial charge >= 0.3 is 39.2 Å². The number of hydrogen-bond donors (Lipinski definition) is 1. The van der Waals surface area contributed by atoms with E-state index in [0.717, 1.165) is 0 Å². The van der Waals surface area contributed by atoms with Crippen molar-refractivity contribution in [2.45, 2.75) is 5.02 Å². The van der Waals surface area contributed by atoms with Gasteiger partial charge in [-0.05, 0) is 0 Å². The van der Waals surface area contributed by atoms with Crippen LogP contribution in [0.3, 0.4) is 0 Å². The first-order chi connectivity index (χ1) is 2.27. The Balaban J connectivity index is 2.85. The molecule has 0 fully saturated rings. The number of hydrogen-bond acceptors (Lipinski definition) is 1. The molecule has 3 heteroatoms. The second-order valence-electron chi connectivity index (χ2n) is 0.519. The van der Waals surface area contributed by atoms with Crippen LogP contribution in [-0.4, -0.2) is 11.1 Å². The summed E-state index contributed by atoms with van der Waals surface area (Å²) in [6.07, 6.45) is 0. The molecule has 0 aliphatic rings. The predicted molar refractivity (Wildman–Crippen MR) is 12.4 cm³/mol. The fourth-order valence-electron chi connectivity index (χ4n) is 0. The number of carboxylic acid groups (broad SMARTS) is 1. The molecule has 31 valence electrons. The third-order valence-corrected chi connectivity index (χ3v) is 0.633. The van der Waals surface area contributed by atoms with E-state index in [1.807, 2.05) is 18.3 Å². The second kappa shape index (κ2) is 2.34. The summed E-state index contributed by atoms with van der Waals surface area (Å²) in [4.78, 5) is 9.35. The van der Waals surface area contributed by atoms with Gasteiger partial charge < -0.3 is 0 Å². The summed E-state index contributed by atoms with van der Waals surface area (Å²) in [6, 6.07) is 0. The van der Waals surface area contributed by atoms with Crippen molar-refractivity contribution in [1.29, 1.82) is 0 Å². The van der Waals surface area contributed by atoms with Crippen LogP contribution in [0.15, 0.2) is 0 Å². The zero-order chi connectivity index (χ0) is 4.28. The molecular weight excluding hydrogens is 157 g/mol. The Morgan fingerprint density at radius 2 is 2.20 bits per heavy atom. The second-order valence-corrected chi connectivity index (χ2v) is 1.13. The molecule has 0 aromatic heterocycles. The van der Waals surface area contributed by atoms with Crippen LogP contribution in [0.1, 0.15) is 0 Å². The number of aliphatic carboxylic acids is 1. The molecule has 0 aliphatic carbocycles. The van der Waals surface area contributed by atoms with Crippen molar-refractivity contribution in [2.24, 2.45) is 0 Å². The third-order valence-electron chi connectivity index (χ3n) is 0.107. The normalized spacial score (nSPS) is 7.40. The number of carbonyl (C=O) groups is 1. The molecule has 0 aromatic carbocycles. The van der Waals surface area contributed by atoms with E-state index in [-0.39, 0.29) is 5.02 Å². The van der Waals surface area contributed by atoms with E-state index in [4.69, 9.17) is 5.11 Å². The molecule has 2 nitrogen and oxygen atoms in total. The van der Waals surface area contributed by atoms with E-state index < -0.39 is 5.97 Å². The van der Waals surface area contributed by atoms with Gasteiger partial charge in [-0.1, -0.05) is 0 Å². The van der Waals surface area contributed by atoms with E-state index in [9.17, 15) is 4.79 Å². The molecule has 0 aromatic rings. The Hall–Kier alpha value is 0.0934. The van der Waals surface area contributed by atoms with Gasteiger partial charge in [-0.25, -0.2) is 0 Å². The average molecular weight is 160 g/mol. The summed E-state index contributed by atoms with van der Waals surface area (Å²) in [7, 11) is 0. The third kappa shape index (κ3) is 4.09. The van der Waals surface area contributed by atoms with Gasteiger partial charge in [0.15, 0.2) is 0 Å². The van der Waals surface area contributed by atoms with Crippen molar-refractivity contribution in [1.82, 2.24) is 0 Å². The van der Waals surface area contributed by atoms with E-state index >= 15 is 0 Å². The van der Waals surface area contributed by atoms with Gasteiger partial charge in [-0.3, -0.25) is 0 Å². The minimum absolute atomic E-state index is 0.152. The molecule has 1 N–H and O–H groups in total. The van der Waals surface area contributed by atoms with Crippen molar-refractivity contribution in [3.63, 3.8) is 0 Å². The molecule has 0 heterocycles. The summed E-state index contributed by atoms with van der Waals surface area (Å²) in [5.74, 6) is -0.776. The first-order valence-corrected chi connectivity index (χ1v) is 2.26. The van der Waals surface area contributed by atoms with Crippen LogP contribution in [0.4, 0.5) is 0 Å². The zero-order valence-corrected chi connectivity index (χ0v) is 4.15. The first kappa shape index (κ1) is 5.09. The molecule has 0 saturated carbocycles.